The van der Waals surface area contributed by atoms with Gasteiger partial charge in [0, 0.05) is 33.1 Å². The van der Waals surface area contributed by atoms with Gasteiger partial charge in [0.15, 0.2) is 17.4 Å². The Bertz CT molecular complexity index is 331. The summed E-state index contributed by atoms with van der Waals surface area (Å²) < 4.78 is 5.40. The van der Waals surface area contributed by atoms with Gasteiger partial charge in [-0.3, -0.25) is 4.79 Å². The maximum Gasteiger partial charge on any atom is 0.196 e. The molecule has 1 heterocycles. The first-order valence-electron chi connectivity index (χ1n) is 4.97. The number of hydrogen-bond acceptors (Lipinski definition) is 4. The summed E-state index contributed by atoms with van der Waals surface area (Å²) in [6.07, 6.45) is 0. The molecule has 0 atom stereocenters. The first kappa shape index (κ1) is 11.8. The lowest BCUT2D eigenvalue weighted by Gasteiger charge is -2.18. The summed E-state index contributed by atoms with van der Waals surface area (Å²) in [5.41, 5.74) is 0. The minimum absolute atomic E-state index is 0.0396. The molecule has 0 saturated carbocycles. The van der Waals surface area contributed by atoms with Crippen molar-refractivity contribution in [2.24, 2.45) is 0 Å². The minimum Gasteiger partial charge on any atom is -0.437 e. The van der Waals surface area contributed by atoms with Crippen LogP contribution in [-0.2, 0) is 0 Å². The topological polar surface area (TPSA) is 36.7 Å². The average Bonchev–Trinajstić information content (AvgIpc) is 2.62. The van der Waals surface area contributed by atoms with Crippen molar-refractivity contribution < 1.29 is 9.21 Å². The normalized spacial score (nSPS) is 10.7. The van der Waals surface area contributed by atoms with E-state index >= 15 is 0 Å². The van der Waals surface area contributed by atoms with E-state index in [2.05, 4.69) is 4.90 Å². The van der Waals surface area contributed by atoms with Gasteiger partial charge in [0.1, 0.15) is 0 Å². The van der Waals surface area contributed by atoms with E-state index in [1.807, 2.05) is 32.1 Å². The zero-order chi connectivity index (χ0) is 11.4. The third kappa shape index (κ3) is 3.40. The molecule has 4 heteroatoms. The summed E-state index contributed by atoms with van der Waals surface area (Å²) in [6, 6.07) is 3.54. The van der Waals surface area contributed by atoms with Gasteiger partial charge in [0.05, 0.1) is 0 Å². The van der Waals surface area contributed by atoms with Gasteiger partial charge < -0.3 is 14.2 Å². The lowest BCUT2D eigenvalue weighted by Crippen LogP contribution is -2.28. The number of furan rings is 1. The van der Waals surface area contributed by atoms with E-state index < -0.39 is 0 Å². The SMILES string of the molecule is CC(=O)c1ccc(N(C)CCN(C)C)o1. The Morgan fingerprint density at radius 1 is 1.27 bits per heavy atom. The lowest BCUT2D eigenvalue weighted by molar-refractivity contribution is 0.0988. The van der Waals surface area contributed by atoms with Crippen LogP contribution in [0.15, 0.2) is 16.5 Å². The summed E-state index contributed by atoms with van der Waals surface area (Å²) >= 11 is 0. The number of anilines is 1. The number of likely N-dealkylation sites (N-methyl/N-ethyl adjacent to an activating group) is 2. The van der Waals surface area contributed by atoms with Crippen molar-refractivity contribution in [3.05, 3.63) is 17.9 Å². The molecule has 0 N–H and O–H groups in total. The maximum absolute atomic E-state index is 11.0. The van der Waals surface area contributed by atoms with Crippen LogP contribution in [0.2, 0.25) is 0 Å². The highest BCUT2D eigenvalue weighted by atomic mass is 16.4. The Morgan fingerprint density at radius 3 is 2.40 bits per heavy atom. The van der Waals surface area contributed by atoms with Gasteiger partial charge >= 0.3 is 0 Å². The fraction of sp³-hybridized carbons (Fsp3) is 0.545. The predicted octanol–water partition coefficient (Wildman–Crippen LogP) is 1.48. The Balaban J connectivity index is 2.58. The van der Waals surface area contributed by atoms with Gasteiger partial charge in [-0.1, -0.05) is 0 Å². The quantitative estimate of drug-likeness (QED) is 0.690. The van der Waals surface area contributed by atoms with Crippen LogP contribution in [0.25, 0.3) is 0 Å². The molecule has 0 fully saturated rings. The highest BCUT2D eigenvalue weighted by Crippen LogP contribution is 2.17. The molecular formula is C11H18N2O2. The number of hydrogen-bond donors (Lipinski definition) is 0. The number of ketones is 1. The van der Waals surface area contributed by atoms with Crippen LogP contribution in [0.4, 0.5) is 5.88 Å². The molecule has 0 bridgehead atoms. The van der Waals surface area contributed by atoms with Gasteiger partial charge in [-0.25, -0.2) is 0 Å². The summed E-state index contributed by atoms with van der Waals surface area (Å²) in [4.78, 5) is 15.1. The Labute approximate surface area is 90.5 Å². The third-order valence-electron chi connectivity index (χ3n) is 2.20. The fourth-order valence-electron chi connectivity index (χ4n) is 1.18. The van der Waals surface area contributed by atoms with Gasteiger partial charge in [-0.05, 0) is 20.2 Å². The highest BCUT2D eigenvalue weighted by Gasteiger charge is 2.09. The van der Waals surface area contributed by atoms with Crippen molar-refractivity contribution >= 4 is 11.7 Å². The van der Waals surface area contributed by atoms with E-state index in [1.54, 1.807) is 6.07 Å². The molecule has 1 aromatic heterocycles. The molecule has 84 valence electrons. The predicted molar refractivity (Wildman–Crippen MR) is 60.5 cm³/mol. The van der Waals surface area contributed by atoms with Crippen LogP contribution in [-0.4, -0.2) is 44.9 Å². The van der Waals surface area contributed by atoms with Crippen molar-refractivity contribution in [3.63, 3.8) is 0 Å². The van der Waals surface area contributed by atoms with Crippen LogP contribution in [0.3, 0.4) is 0 Å². The fourth-order valence-corrected chi connectivity index (χ4v) is 1.18. The standard InChI is InChI=1S/C11H18N2O2/c1-9(14)10-5-6-11(15-10)13(4)8-7-12(2)3/h5-6H,7-8H2,1-4H3. The molecule has 1 rings (SSSR count). The molecule has 0 unspecified atom stereocenters. The van der Waals surface area contributed by atoms with Gasteiger partial charge in [-0.15, -0.1) is 0 Å². The second-order valence-electron chi connectivity index (χ2n) is 3.92. The molecule has 0 amide bonds. The van der Waals surface area contributed by atoms with Crippen LogP contribution < -0.4 is 4.90 Å². The van der Waals surface area contributed by atoms with Crippen molar-refractivity contribution in [1.82, 2.24) is 4.90 Å². The molecular weight excluding hydrogens is 192 g/mol. The number of rotatable bonds is 5. The number of carbonyl (C=O) groups excluding carboxylic acids is 1. The average molecular weight is 210 g/mol. The highest BCUT2D eigenvalue weighted by molar-refractivity contribution is 5.91. The van der Waals surface area contributed by atoms with E-state index in [9.17, 15) is 4.79 Å². The van der Waals surface area contributed by atoms with E-state index in [4.69, 9.17) is 4.42 Å². The van der Waals surface area contributed by atoms with Gasteiger partial charge in [0.25, 0.3) is 0 Å². The molecule has 4 nitrogen and oxygen atoms in total. The monoisotopic (exact) mass is 210 g/mol. The largest absolute Gasteiger partial charge is 0.437 e. The van der Waals surface area contributed by atoms with Gasteiger partial charge in [0.2, 0.25) is 0 Å². The first-order valence-corrected chi connectivity index (χ1v) is 4.97. The molecule has 0 aliphatic rings. The first-order chi connectivity index (χ1) is 7.00. The van der Waals surface area contributed by atoms with E-state index in [0.717, 1.165) is 19.0 Å². The molecule has 15 heavy (non-hydrogen) atoms. The summed E-state index contributed by atoms with van der Waals surface area (Å²) in [5.74, 6) is 1.12. The molecule has 0 spiro atoms. The van der Waals surface area contributed by atoms with Crippen LogP contribution in [0, 0.1) is 0 Å². The molecule has 0 radical (unpaired) electrons. The van der Waals surface area contributed by atoms with Crippen molar-refractivity contribution in [2.45, 2.75) is 6.92 Å². The lowest BCUT2D eigenvalue weighted by atomic mass is 10.3. The summed E-state index contributed by atoms with van der Waals surface area (Å²) in [6.45, 7) is 3.33. The van der Waals surface area contributed by atoms with Gasteiger partial charge in [-0.2, -0.15) is 0 Å². The Kier molecular flexibility index (Phi) is 3.91. The molecule has 0 aliphatic heterocycles. The zero-order valence-electron chi connectivity index (χ0n) is 9.78. The minimum atomic E-state index is -0.0396. The van der Waals surface area contributed by atoms with E-state index in [1.165, 1.54) is 6.92 Å². The molecule has 0 aromatic carbocycles. The van der Waals surface area contributed by atoms with E-state index in [-0.39, 0.29) is 5.78 Å². The van der Waals surface area contributed by atoms with Crippen molar-refractivity contribution in [1.29, 1.82) is 0 Å². The van der Waals surface area contributed by atoms with Crippen LogP contribution in [0.1, 0.15) is 17.5 Å². The molecule has 0 aliphatic carbocycles. The Hall–Kier alpha value is -1.29. The van der Waals surface area contributed by atoms with Crippen molar-refractivity contribution in [2.75, 3.05) is 39.1 Å². The summed E-state index contributed by atoms with van der Waals surface area (Å²) in [5, 5.41) is 0. The maximum atomic E-state index is 11.0. The third-order valence-corrected chi connectivity index (χ3v) is 2.20. The molecule has 0 saturated heterocycles. The second kappa shape index (κ2) is 4.98. The number of Topliss-reactive ketones (excluding diaryl/α,β-unsaturated/α-hetero) is 1. The van der Waals surface area contributed by atoms with Crippen LogP contribution in [0.5, 0.6) is 0 Å². The van der Waals surface area contributed by atoms with E-state index in [0.29, 0.717) is 5.76 Å². The number of carbonyl (C=O) groups is 1. The smallest absolute Gasteiger partial charge is 0.196 e. The number of nitrogens with zero attached hydrogens (tertiary/aromatic N) is 2. The van der Waals surface area contributed by atoms with Crippen LogP contribution >= 0.6 is 0 Å². The summed E-state index contributed by atoms with van der Waals surface area (Å²) in [7, 11) is 6.00. The second-order valence-corrected chi connectivity index (χ2v) is 3.92. The zero-order valence-corrected chi connectivity index (χ0v) is 9.78. The molecule has 1 aromatic rings. The Morgan fingerprint density at radius 2 is 1.93 bits per heavy atom. The van der Waals surface area contributed by atoms with Crippen molar-refractivity contribution in [3.8, 4) is 0 Å².